The lowest BCUT2D eigenvalue weighted by atomic mass is 9.49. The van der Waals surface area contributed by atoms with Gasteiger partial charge < -0.3 is 15.4 Å². The molecule has 0 unspecified atom stereocenters. The van der Waals surface area contributed by atoms with Crippen molar-refractivity contribution in [2.45, 2.75) is 38.5 Å². The predicted octanol–water partition coefficient (Wildman–Crippen LogP) is 1.83. The van der Waals surface area contributed by atoms with Gasteiger partial charge in [0.05, 0.1) is 13.2 Å². The maximum absolute atomic E-state index is 12.1. The number of urea groups is 1. The van der Waals surface area contributed by atoms with Crippen LogP contribution in [0.15, 0.2) is 0 Å². The SMILES string of the molecule is O=C(NCCN1CCOCC1)NCC12CC3CC(CC(C3)C1)C2. The van der Waals surface area contributed by atoms with Gasteiger partial charge in [-0.3, -0.25) is 4.90 Å². The molecule has 5 rings (SSSR count). The summed E-state index contributed by atoms with van der Waals surface area (Å²) in [6.07, 6.45) is 8.45. The van der Waals surface area contributed by atoms with Crippen LogP contribution in [0.2, 0.25) is 0 Å². The maximum Gasteiger partial charge on any atom is 0.314 e. The molecule has 5 nitrogen and oxygen atoms in total. The van der Waals surface area contributed by atoms with E-state index in [1.807, 2.05) is 0 Å². The average molecular weight is 321 g/mol. The van der Waals surface area contributed by atoms with Gasteiger partial charge in [0.15, 0.2) is 0 Å². The first kappa shape index (κ1) is 15.7. The van der Waals surface area contributed by atoms with Crippen LogP contribution in [0.25, 0.3) is 0 Å². The molecule has 130 valence electrons. The zero-order valence-corrected chi connectivity index (χ0v) is 14.2. The van der Waals surface area contributed by atoms with E-state index in [1.165, 1.54) is 38.5 Å². The Labute approximate surface area is 139 Å². The number of ether oxygens (including phenoxy) is 1. The summed E-state index contributed by atoms with van der Waals surface area (Å²) in [6, 6.07) is 0.0222. The van der Waals surface area contributed by atoms with E-state index < -0.39 is 0 Å². The Hall–Kier alpha value is -0.810. The van der Waals surface area contributed by atoms with Crippen molar-refractivity contribution in [3.05, 3.63) is 0 Å². The maximum atomic E-state index is 12.1. The van der Waals surface area contributed by atoms with Crippen molar-refractivity contribution in [2.75, 3.05) is 45.9 Å². The molecule has 2 amide bonds. The predicted molar refractivity (Wildman–Crippen MR) is 89.3 cm³/mol. The Morgan fingerprint density at radius 3 is 2.22 bits per heavy atom. The zero-order valence-electron chi connectivity index (χ0n) is 14.2. The number of amides is 2. The lowest BCUT2D eigenvalue weighted by Gasteiger charge is -2.56. The van der Waals surface area contributed by atoms with Crippen LogP contribution in [0.4, 0.5) is 4.79 Å². The number of carbonyl (C=O) groups is 1. The van der Waals surface area contributed by atoms with E-state index in [0.717, 1.165) is 63.7 Å². The minimum Gasteiger partial charge on any atom is -0.379 e. The van der Waals surface area contributed by atoms with Gasteiger partial charge in [0.2, 0.25) is 0 Å². The van der Waals surface area contributed by atoms with Crippen LogP contribution in [0.5, 0.6) is 0 Å². The van der Waals surface area contributed by atoms with Crippen molar-refractivity contribution in [3.8, 4) is 0 Å². The molecular weight excluding hydrogens is 290 g/mol. The second-order valence-electron chi connectivity index (χ2n) is 8.48. The van der Waals surface area contributed by atoms with Gasteiger partial charge in [0.25, 0.3) is 0 Å². The molecule has 0 spiro atoms. The smallest absolute Gasteiger partial charge is 0.314 e. The Morgan fingerprint density at radius 1 is 1.00 bits per heavy atom. The number of morpholine rings is 1. The van der Waals surface area contributed by atoms with E-state index in [1.54, 1.807) is 0 Å². The molecule has 1 saturated heterocycles. The third kappa shape index (κ3) is 3.66. The summed E-state index contributed by atoms with van der Waals surface area (Å²) in [5.74, 6) is 2.85. The normalized spacial score (nSPS) is 39.4. The molecule has 1 heterocycles. The van der Waals surface area contributed by atoms with E-state index >= 15 is 0 Å². The van der Waals surface area contributed by atoms with Crippen LogP contribution in [0, 0.1) is 23.2 Å². The highest BCUT2D eigenvalue weighted by molar-refractivity contribution is 5.73. The van der Waals surface area contributed by atoms with Crippen molar-refractivity contribution in [2.24, 2.45) is 23.2 Å². The van der Waals surface area contributed by atoms with Crippen LogP contribution < -0.4 is 10.6 Å². The summed E-state index contributed by atoms with van der Waals surface area (Å²) in [7, 11) is 0. The average Bonchev–Trinajstić information content (AvgIpc) is 2.53. The monoisotopic (exact) mass is 321 g/mol. The molecule has 0 aromatic carbocycles. The lowest BCUT2D eigenvalue weighted by molar-refractivity contribution is -0.0498. The zero-order chi connectivity index (χ0) is 15.7. The van der Waals surface area contributed by atoms with Crippen LogP contribution in [-0.4, -0.2) is 56.9 Å². The van der Waals surface area contributed by atoms with E-state index in [-0.39, 0.29) is 6.03 Å². The van der Waals surface area contributed by atoms with Crippen LogP contribution in [0.3, 0.4) is 0 Å². The van der Waals surface area contributed by atoms with Gasteiger partial charge >= 0.3 is 6.03 Å². The number of rotatable bonds is 5. The Balaban J connectivity index is 1.18. The number of hydrogen-bond donors (Lipinski definition) is 2. The highest BCUT2D eigenvalue weighted by atomic mass is 16.5. The van der Waals surface area contributed by atoms with Crippen LogP contribution in [-0.2, 0) is 4.74 Å². The molecular formula is C18H31N3O2. The summed E-state index contributed by atoms with van der Waals surface area (Å²) < 4.78 is 5.34. The van der Waals surface area contributed by atoms with Gasteiger partial charge in [0, 0.05) is 32.7 Å². The first-order chi connectivity index (χ1) is 11.2. The second-order valence-corrected chi connectivity index (χ2v) is 8.48. The highest BCUT2D eigenvalue weighted by Crippen LogP contribution is 2.59. The second kappa shape index (κ2) is 6.60. The van der Waals surface area contributed by atoms with E-state index in [0.29, 0.717) is 5.41 Å². The molecule has 23 heavy (non-hydrogen) atoms. The van der Waals surface area contributed by atoms with E-state index in [2.05, 4.69) is 15.5 Å². The standard InChI is InChI=1S/C18H31N3O2/c22-17(19-1-2-21-3-5-23-6-4-21)20-13-18-10-14-7-15(11-18)9-16(8-14)12-18/h14-16H,1-13H2,(H2,19,20,22). The van der Waals surface area contributed by atoms with Crippen molar-refractivity contribution in [1.82, 2.24) is 15.5 Å². The van der Waals surface area contributed by atoms with Gasteiger partial charge in [0.1, 0.15) is 0 Å². The molecule has 0 atom stereocenters. The minimum absolute atomic E-state index is 0.0222. The molecule has 0 radical (unpaired) electrons. The fraction of sp³-hybridized carbons (Fsp3) is 0.944. The molecule has 5 heteroatoms. The van der Waals surface area contributed by atoms with Crippen molar-refractivity contribution >= 4 is 6.03 Å². The fourth-order valence-electron chi connectivity index (χ4n) is 5.99. The summed E-state index contributed by atoms with van der Waals surface area (Å²) >= 11 is 0. The van der Waals surface area contributed by atoms with Crippen molar-refractivity contribution < 1.29 is 9.53 Å². The third-order valence-electron chi connectivity index (χ3n) is 6.61. The Kier molecular flexibility index (Phi) is 4.50. The van der Waals surface area contributed by atoms with E-state index in [9.17, 15) is 4.79 Å². The van der Waals surface area contributed by atoms with Crippen LogP contribution in [0.1, 0.15) is 38.5 Å². The molecule has 5 fully saturated rings. The molecule has 4 saturated carbocycles. The molecule has 4 aliphatic carbocycles. The fourth-order valence-corrected chi connectivity index (χ4v) is 5.99. The van der Waals surface area contributed by atoms with Gasteiger partial charge in [-0.15, -0.1) is 0 Å². The molecule has 0 aromatic heterocycles. The summed E-state index contributed by atoms with van der Waals surface area (Å²) in [5.41, 5.74) is 0.427. The molecule has 5 aliphatic rings. The van der Waals surface area contributed by atoms with Crippen LogP contribution >= 0.6 is 0 Å². The van der Waals surface area contributed by atoms with Gasteiger partial charge in [-0.2, -0.15) is 0 Å². The summed E-state index contributed by atoms with van der Waals surface area (Å²) in [6.45, 7) is 6.14. The highest BCUT2D eigenvalue weighted by Gasteiger charge is 2.50. The molecule has 4 bridgehead atoms. The topological polar surface area (TPSA) is 53.6 Å². The third-order valence-corrected chi connectivity index (χ3v) is 6.61. The lowest BCUT2D eigenvalue weighted by Crippen LogP contribution is -2.52. The Morgan fingerprint density at radius 2 is 1.61 bits per heavy atom. The molecule has 2 N–H and O–H groups in total. The number of hydrogen-bond acceptors (Lipinski definition) is 3. The number of nitrogens with one attached hydrogen (secondary N) is 2. The Bertz CT molecular complexity index is 399. The number of carbonyl (C=O) groups excluding carboxylic acids is 1. The summed E-state index contributed by atoms with van der Waals surface area (Å²) in [4.78, 5) is 14.5. The first-order valence-electron chi connectivity index (χ1n) is 9.53. The van der Waals surface area contributed by atoms with Gasteiger partial charge in [-0.05, 0) is 61.7 Å². The van der Waals surface area contributed by atoms with Crippen molar-refractivity contribution in [1.29, 1.82) is 0 Å². The molecule has 0 aromatic rings. The largest absolute Gasteiger partial charge is 0.379 e. The summed E-state index contributed by atoms with van der Waals surface area (Å²) in [5, 5.41) is 6.21. The van der Waals surface area contributed by atoms with E-state index in [4.69, 9.17) is 4.74 Å². The molecule has 1 aliphatic heterocycles. The first-order valence-corrected chi connectivity index (χ1v) is 9.53. The van der Waals surface area contributed by atoms with Crippen molar-refractivity contribution in [3.63, 3.8) is 0 Å². The minimum atomic E-state index is 0.0222. The quantitative estimate of drug-likeness (QED) is 0.812. The van der Waals surface area contributed by atoms with Gasteiger partial charge in [-0.25, -0.2) is 4.79 Å². The number of nitrogens with zero attached hydrogens (tertiary/aromatic N) is 1. The van der Waals surface area contributed by atoms with Gasteiger partial charge in [-0.1, -0.05) is 0 Å².